The molecule has 4 rings (SSSR count). The van der Waals surface area contributed by atoms with Crippen LogP contribution in [0.25, 0.3) is 5.69 Å². The van der Waals surface area contributed by atoms with Gasteiger partial charge in [0.15, 0.2) is 5.60 Å². The average molecular weight is 312 g/mol. The smallest absolute Gasteiger partial charge is 0.227 e. The first-order chi connectivity index (χ1) is 11.2. The van der Waals surface area contributed by atoms with Crippen LogP contribution < -0.4 is 4.74 Å². The van der Waals surface area contributed by atoms with E-state index in [1.54, 1.807) is 0 Å². The Morgan fingerprint density at radius 1 is 1.17 bits per heavy atom. The van der Waals surface area contributed by atoms with Crippen molar-refractivity contribution in [2.75, 3.05) is 26.3 Å². The molecule has 1 aromatic carbocycles. The van der Waals surface area contributed by atoms with Gasteiger partial charge in [-0.05, 0) is 31.2 Å². The molecule has 0 spiro atoms. The van der Waals surface area contributed by atoms with Gasteiger partial charge in [0.25, 0.3) is 0 Å². The number of para-hydroxylation sites is 2. The third-order valence-electron chi connectivity index (χ3n) is 4.60. The summed E-state index contributed by atoms with van der Waals surface area (Å²) in [7, 11) is 0. The van der Waals surface area contributed by atoms with E-state index in [9.17, 15) is 4.79 Å². The molecule has 1 amide bonds. The predicted molar refractivity (Wildman–Crippen MR) is 85.8 cm³/mol. The number of hydrogen-bond donors (Lipinski definition) is 0. The van der Waals surface area contributed by atoms with E-state index in [0.717, 1.165) is 17.1 Å². The van der Waals surface area contributed by atoms with Gasteiger partial charge in [0, 0.05) is 19.3 Å². The summed E-state index contributed by atoms with van der Waals surface area (Å²) in [5.74, 6) is 0.927. The van der Waals surface area contributed by atoms with Crippen molar-refractivity contribution in [1.82, 2.24) is 9.47 Å². The van der Waals surface area contributed by atoms with Crippen molar-refractivity contribution in [1.29, 1.82) is 0 Å². The molecule has 5 nitrogen and oxygen atoms in total. The highest BCUT2D eigenvalue weighted by atomic mass is 16.5. The maximum atomic E-state index is 12.7. The molecule has 3 heterocycles. The third-order valence-corrected chi connectivity index (χ3v) is 4.60. The molecule has 0 radical (unpaired) electrons. The average Bonchev–Trinajstić information content (AvgIpc) is 3.07. The number of morpholine rings is 1. The molecule has 2 aromatic rings. The Balaban J connectivity index is 1.65. The second-order valence-electron chi connectivity index (χ2n) is 6.23. The minimum absolute atomic E-state index is 0.114. The molecule has 1 saturated heterocycles. The molecule has 0 aliphatic carbocycles. The first kappa shape index (κ1) is 14.3. The number of ether oxygens (including phenoxy) is 2. The van der Waals surface area contributed by atoms with Gasteiger partial charge in [0.2, 0.25) is 5.91 Å². The lowest BCUT2D eigenvalue weighted by atomic mass is 9.94. The summed E-state index contributed by atoms with van der Waals surface area (Å²) in [5, 5.41) is 0. The number of amides is 1. The molecule has 0 N–H and O–H groups in total. The number of rotatable bonds is 2. The summed E-state index contributed by atoms with van der Waals surface area (Å²) < 4.78 is 13.7. The number of benzene rings is 1. The third kappa shape index (κ3) is 2.41. The van der Waals surface area contributed by atoms with Crippen LogP contribution in [0.3, 0.4) is 0 Å². The highest BCUT2D eigenvalue weighted by Crippen LogP contribution is 2.41. The molecule has 1 aromatic heterocycles. The summed E-state index contributed by atoms with van der Waals surface area (Å²) in [6.45, 7) is 4.54. The van der Waals surface area contributed by atoms with Crippen molar-refractivity contribution in [3.63, 3.8) is 0 Å². The fourth-order valence-corrected chi connectivity index (χ4v) is 3.40. The molecule has 1 atom stereocenters. The van der Waals surface area contributed by atoms with E-state index < -0.39 is 5.60 Å². The van der Waals surface area contributed by atoms with Gasteiger partial charge in [0.1, 0.15) is 5.75 Å². The van der Waals surface area contributed by atoms with Crippen LogP contribution in [0.2, 0.25) is 0 Å². The Hall–Kier alpha value is -2.27. The number of aromatic nitrogens is 1. The summed E-state index contributed by atoms with van der Waals surface area (Å²) >= 11 is 0. The molecule has 1 fully saturated rings. The van der Waals surface area contributed by atoms with Crippen molar-refractivity contribution < 1.29 is 14.3 Å². The van der Waals surface area contributed by atoms with E-state index >= 15 is 0 Å². The SMILES string of the molecule is CC1(CC(=O)N2CCOCC2)Oc2ccccc2-n2cccc21. The summed E-state index contributed by atoms with van der Waals surface area (Å²) in [6, 6.07) is 12.0. The van der Waals surface area contributed by atoms with E-state index in [4.69, 9.17) is 9.47 Å². The van der Waals surface area contributed by atoms with Crippen LogP contribution in [-0.2, 0) is 15.1 Å². The molecule has 0 saturated carbocycles. The summed E-state index contributed by atoms with van der Waals surface area (Å²) in [5.41, 5.74) is 1.37. The van der Waals surface area contributed by atoms with E-state index in [2.05, 4.69) is 4.57 Å². The van der Waals surface area contributed by atoms with Crippen LogP contribution in [0.1, 0.15) is 19.0 Å². The van der Waals surface area contributed by atoms with Crippen molar-refractivity contribution in [2.45, 2.75) is 18.9 Å². The Kier molecular flexibility index (Phi) is 3.38. The maximum absolute atomic E-state index is 12.7. The molecule has 5 heteroatoms. The predicted octanol–water partition coefficient (Wildman–Crippen LogP) is 2.33. The van der Waals surface area contributed by atoms with E-state index in [-0.39, 0.29) is 5.91 Å². The lowest BCUT2D eigenvalue weighted by Crippen LogP contribution is -2.45. The quantitative estimate of drug-likeness (QED) is 0.855. The first-order valence-corrected chi connectivity index (χ1v) is 7.99. The lowest BCUT2D eigenvalue weighted by Gasteiger charge is -2.38. The molecule has 23 heavy (non-hydrogen) atoms. The van der Waals surface area contributed by atoms with Gasteiger partial charge in [-0.3, -0.25) is 4.79 Å². The lowest BCUT2D eigenvalue weighted by molar-refractivity contribution is -0.139. The molecule has 120 valence electrons. The van der Waals surface area contributed by atoms with Crippen LogP contribution in [0.15, 0.2) is 42.6 Å². The fraction of sp³-hybridized carbons (Fsp3) is 0.389. The monoisotopic (exact) mass is 312 g/mol. The molecule has 2 aliphatic heterocycles. The van der Waals surface area contributed by atoms with E-state index in [0.29, 0.717) is 32.7 Å². The minimum atomic E-state index is -0.659. The van der Waals surface area contributed by atoms with Crippen molar-refractivity contribution in [2.24, 2.45) is 0 Å². The highest BCUT2D eigenvalue weighted by Gasteiger charge is 2.40. The number of hydrogen-bond acceptors (Lipinski definition) is 3. The number of nitrogens with zero attached hydrogens (tertiary/aromatic N) is 2. The Morgan fingerprint density at radius 3 is 2.78 bits per heavy atom. The normalized spacial score (nSPS) is 22.9. The Morgan fingerprint density at radius 2 is 1.96 bits per heavy atom. The van der Waals surface area contributed by atoms with Gasteiger partial charge in [-0.2, -0.15) is 0 Å². The zero-order valence-electron chi connectivity index (χ0n) is 13.2. The van der Waals surface area contributed by atoms with Gasteiger partial charge in [-0.25, -0.2) is 0 Å². The van der Waals surface area contributed by atoms with E-state index in [1.807, 2.05) is 54.4 Å². The minimum Gasteiger partial charge on any atom is -0.479 e. The number of carbonyl (C=O) groups excluding carboxylic acids is 1. The van der Waals surface area contributed by atoms with Crippen molar-refractivity contribution in [3.05, 3.63) is 48.3 Å². The van der Waals surface area contributed by atoms with Gasteiger partial charge in [-0.15, -0.1) is 0 Å². The topological polar surface area (TPSA) is 43.7 Å². The van der Waals surface area contributed by atoms with Gasteiger partial charge in [0.05, 0.1) is 31.0 Å². The molecular weight excluding hydrogens is 292 g/mol. The number of carbonyl (C=O) groups is 1. The molecular formula is C18H20N2O3. The number of fused-ring (bicyclic) bond motifs is 3. The van der Waals surface area contributed by atoms with Crippen LogP contribution in [-0.4, -0.2) is 41.7 Å². The standard InChI is InChI=1S/C18H20N2O3/c1-18(13-17(21)19-9-11-22-12-10-19)16-7-4-8-20(16)14-5-2-3-6-15(14)23-18/h2-8H,9-13H2,1H3. The molecule has 2 aliphatic rings. The van der Waals surface area contributed by atoms with Gasteiger partial charge in [-0.1, -0.05) is 12.1 Å². The van der Waals surface area contributed by atoms with E-state index in [1.165, 1.54) is 0 Å². The van der Waals surface area contributed by atoms with Gasteiger partial charge < -0.3 is 18.9 Å². The van der Waals surface area contributed by atoms with Gasteiger partial charge >= 0.3 is 0 Å². The second-order valence-corrected chi connectivity index (χ2v) is 6.23. The summed E-state index contributed by atoms with van der Waals surface area (Å²) in [6.07, 6.45) is 2.35. The molecule has 1 unspecified atom stereocenters. The zero-order chi connectivity index (χ0) is 15.9. The van der Waals surface area contributed by atoms with Crippen LogP contribution in [0.4, 0.5) is 0 Å². The Labute approximate surface area is 135 Å². The second kappa shape index (κ2) is 5.42. The maximum Gasteiger partial charge on any atom is 0.227 e. The largest absolute Gasteiger partial charge is 0.479 e. The molecule has 0 bridgehead atoms. The van der Waals surface area contributed by atoms with Crippen molar-refractivity contribution in [3.8, 4) is 11.4 Å². The highest BCUT2D eigenvalue weighted by molar-refractivity contribution is 5.78. The van der Waals surface area contributed by atoms with Crippen LogP contribution in [0, 0.1) is 0 Å². The Bertz CT molecular complexity index is 733. The van der Waals surface area contributed by atoms with Crippen LogP contribution >= 0.6 is 0 Å². The fourth-order valence-electron chi connectivity index (χ4n) is 3.40. The summed E-state index contributed by atoms with van der Waals surface area (Å²) in [4.78, 5) is 14.6. The first-order valence-electron chi connectivity index (χ1n) is 7.99. The van der Waals surface area contributed by atoms with Crippen LogP contribution in [0.5, 0.6) is 5.75 Å². The zero-order valence-corrected chi connectivity index (χ0v) is 13.2. The van der Waals surface area contributed by atoms with Crippen molar-refractivity contribution >= 4 is 5.91 Å².